The maximum Gasteiger partial charge on any atom is 0.323 e. The molecular formula is C32H39BO3. The van der Waals surface area contributed by atoms with Gasteiger partial charge in [-0.1, -0.05) is 55.4 Å². The lowest BCUT2D eigenvalue weighted by atomic mass is 9.47. The molecule has 0 saturated heterocycles. The Labute approximate surface area is 216 Å². The lowest BCUT2D eigenvalue weighted by Gasteiger charge is -2.57. The first kappa shape index (κ1) is 24.2. The molecule has 0 aliphatic heterocycles. The number of benzene rings is 3. The second kappa shape index (κ2) is 9.63. The Morgan fingerprint density at radius 2 is 1.50 bits per heavy atom. The summed E-state index contributed by atoms with van der Waals surface area (Å²) >= 11 is 0. The van der Waals surface area contributed by atoms with Gasteiger partial charge in [-0.2, -0.15) is 0 Å². The summed E-state index contributed by atoms with van der Waals surface area (Å²) in [7, 11) is 0. The highest BCUT2D eigenvalue weighted by molar-refractivity contribution is 6.66. The Hall–Kier alpha value is -2.14. The number of aliphatic hydroxyl groups excluding tert-OH is 2. The van der Waals surface area contributed by atoms with E-state index in [-0.39, 0.29) is 18.9 Å². The molecule has 4 aliphatic rings. The van der Waals surface area contributed by atoms with E-state index in [0.717, 1.165) is 24.4 Å². The van der Waals surface area contributed by atoms with E-state index in [4.69, 9.17) is 4.65 Å². The Kier molecular flexibility index (Phi) is 6.48. The molecule has 3 aromatic rings. The third-order valence-corrected chi connectivity index (χ3v) is 9.47. The summed E-state index contributed by atoms with van der Waals surface area (Å²) in [6.45, 7) is 4.78. The van der Waals surface area contributed by atoms with Crippen LogP contribution in [0.3, 0.4) is 0 Å². The van der Waals surface area contributed by atoms with E-state index in [1.54, 1.807) is 0 Å². The van der Waals surface area contributed by atoms with Gasteiger partial charge in [0.25, 0.3) is 0 Å². The highest BCUT2D eigenvalue weighted by atomic mass is 16.4. The van der Waals surface area contributed by atoms with Crippen LogP contribution < -0.4 is 5.46 Å². The van der Waals surface area contributed by atoms with E-state index < -0.39 is 6.10 Å². The van der Waals surface area contributed by atoms with Crippen molar-refractivity contribution in [3.05, 3.63) is 65.7 Å². The summed E-state index contributed by atoms with van der Waals surface area (Å²) < 4.78 is 5.80. The van der Waals surface area contributed by atoms with E-state index in [2.05, 4.69) is 61.4 Å². The highest BCUT2D eigenvalue weighted by Gasteiger charge is 2.52. The molecule has 3 aromatic carbocycles. The predicted molar refractivity (Wildman–Crippen MR) is 149 cm³/mol. The van der Waals surface area contributed by atoms with Gasteiger partial charge in [0.1, 0.15) is 0 Å². The summed E-state index contributed by atoms with van der Waals surface area (Å²) in [6, 6.07) is 20.3. The average Bonchev–Trinajstić information content (AvgIpc) is 2.87. The van der Waals surface area contributed by atoms with Crippen LogP contribution in [0.15, 0.2) is 54.6 Å². The van der Waals surface area contributed by atoms with Gasteiger partial charge in [-0.25, -0.2) is 0 Å². The maximum atomic E-state index is 10.4. The van der Waals surface area contributed by atoms with E-state index in [9.17, 15) is 10.2 Å². The van der Waals surface area contributed by atoms with Crippen molar-refractivity contribution >= 4 is 23.2 Å². The van der Waals surface area contributed by atoms with Gasteiger partial charge in [0.2, 0.25) is 0 Å². The monoisotopic (exact) mass is 482 g/mol. The number of hydrogen-bond donors (Lipinski definition) is 2. The lowest BCUT2D eigenvalue weighted by Crippen LogP contribution is -2.49. The minimum Gasteiger partial charge on any atom is -0.431 e. The van der Waals surface area contributed by atoms with Crippen LogP contribution in [0.5, 0.6) is 0 Å². The molecule has 4 bridgehead atoms. The van der Waals surface area contributed by atoms with Gasteiger partial charge in [-0.05, 0) is 113 Å². The van der Waals surface area contributed by atoms with Crippen LogP contribution in [-0.2, 0) is 16.5 Å². The van der Waals surface area contributed by atoms with Crippen molar-refractivity contribution in [3.8, 4) is 11.1 Å². The van der Waals surface area contributed by atoms with Crippen molar-refractivity contribution < 1.29 is 14.9 Å². The molecule has 3 nitrogen and oxygen atoms in total. The van der Waals surface area contributed by atoms with Crippen molar-refractivity contribution in [2.45, 2.75) is 70.2 Å². The van der Waals surface area contributed by atoms with Gasteiger partial charge in [0.05, 0.1) is 12.7 Å². The normalized spacial score (nSPS) is 27.5. The van der Waals surface area contributed by atoms with E-state index in [1.807, 2.05) is 6.92 Å². The molecule has 0 aromatic heterocycles. The average molecular weight is 482 g/mol. The molecule has 188 valence electrons. The molecule has 0 heterocycles. The van der Waals surface area contributed by atoms with Crippen LogP contribution in [0, 0.1) is 17.8 Å². The minimum absolute atomic E-state index is 0.101. The van der Waals surface area contributed by atoms with Crippen LogP contribution >= 0.6 is 0 Å². The van der Waals surface area contributed by atoms with Crippen LogP contribution in [0.4, 0.5) is 0 Å². The zero-order valence-electron chi connectivity index (χ0n) is 21.7. The molecule has 4 fully saturated rings. The third kappa shape index (κ3) is 4.42. The van der Waals surface area contributed by atoms with Gasteiger partial charge in [0.15, 0.2) is 0 Å². The molecular weight excluding hydrogens is 443 g/mol. The van der Waals surface area contributed by atoms with Crippen LogP contribution in [0.1, 0.15) is 56.6 Å². The first-order valence-electron chi connectivity index (χ1n) is 14.0. The molecule has 36 heavy (non-hydrogen) atoms. The first-order valence-corrected chi connectivity index (χ1v) is 14.0. The largest absolute Gasteiger partial charge is 0.431 e. The fourth-order valence-electron chi connectivity index (χ4n) is 8.23. The Morgan fingerprint density at radius 3 is 2.17 bits per heavy atom. The van der Waals surface area contributed by atoms with Crippen molar-refractivity contribution in [3.63, 3.8) is 0 Å². The third-order valence-electron chi connectivity index (χ3n) is 9.47. The summed E-state index contributed by atoms with van der Waals surface area (Å²) in [5, 5.41) is 22.4. The Bertz CT molecular complexity index is 1220. The SMILES string of the molecule is CCOB(C)c1ccc2cc(-c3ccc(CC(O)CO)c(C45CC6CC(CC(C6)C4)C5)c3)ccc2c1. The molecule has 1 unspecified atom stereocenters. The van der Waals surface area contributed by atoms with E-state index >= 15 is 0 Å². The van der Waals surface area contributed by atoms with Crippen molar-refractivity contribution in [1.82, 2.24) is 0 Å². The molecule has 2 N–H and O–H groups in total. The number of rotatable bonds is 8. The summed E-state index contributed by atoms with van der Waals surface area (Å²) in [4.78, 5) is 0. The summed E-state index contributed by atoms with van der Waals surface area (Å²) in [5.41, 5.74) is 6.65. The second-order valence-corrected chi connectivity index (χ2v) is 12.0. The number of hydrogen-bond acceptors (Lipinski definition) is 3. The van der Waals surface area contributed by atoms with E-state index in [1.165, 1.54) is 77.0 Å². The molecule has 0 amide bonds. The number of fused-ring (bicyclic) bond motifs is 1. The standard InChI is InChI=1S/C32H39BO3/c1-3-36-33(2)29-9-8-25-13-24(4-5-26(25)14-29)27-6-7-28(15-30(35)20-34)31(16-27)32-17-21-10-22(18-32)12-23(11-21)19-32/h4-9,13-14,16,21-23,30,34-35H,3,10-12,15,17-20H2,1-2H3. The molecule has 4 saturated carbocycles. The predicted octanol–water partition coefficient (Wildman–Crippen LogP) is 5.74. The zero-order chi connectivity index (χ0) is 24.9. The van der Waals surface area contributed by atoms with Gasteiger partial charge in [-0.3, -0.25) is 0 Å². The van der Waals surface area contributed by atoms with Crippen LogP contribution in [0.25, 0.3) is 21.9 Å². The fraction of sp³-hybridized carbons (Fsp3) is 0.500. The molecule has 7 rings (SSSR count). The Morgan fingerprint density at radius 1 is 0.889 bits per heavy atom. The quantitative estimate of drug-likeness (QED) is 0.403. The maximum absolute atomic E-state index is 10.4. The van der Waals surface area contributed by atoms with E-state index in [0.29, 0.717) is 6.42 Å². The molecule has 4 heteroatoms. The molecule has 0 radical (unpaired) electrons. The summed E-state index contributed by atoms with van der Waals surface area (Å²) in [5.74, 6) is 2.60. The van der Waals surface area contributed by atoms with Gasteiger partial charge < -0.3 is 14.9 Å². The zero-order valence-corrected chi connectivity index (χ0v) is 21.7. The van der Waals surface area contributed by atoms with Gasteiger partial charge in [-0.15, -0.1) is 0 Å². The second-order valence-electron chi connectivity index (χ2n) is 12.0. The topological polar surface area (TPSA) is 49.7 Å². The van der Waals surface area contributed by atoms with Gasteiger partial charge in [0, 0.05) is 13.0 Å². The minimum atomic E-state index is -0.697. The molecule has 1 atom stereocenters. The Balaban J connectivity index is 1.39. The fourth-order valence-corrected chi connectivity index (χ4v) is 8.23. The van der Waals surface area contributed by atoms with Crippen LogP contribution in [-0.4, -0.2) is 36.4 Å². The van der Waals surface area contributed by atoms with Gasteiger partial charge >= 0.3 is 6.92 Å². The van der Waals surface area contributed by atoms with Crippen molar-refractivity contribution in [1.29, 1.82) is 0 Å². The molecule has 4 aliphatic carbocycles. The number of aliphatic hydroxyl groups is 2. The van der Waals surface area contributed by atoms with Crippen molar-refractivity contribution in [2.75, 3.05) is 13.2 Å². The van der Waals surface area contributed by atoms with Crippen LogP contribution in [0.2, 0.25) is 6.82 Å². The molecule has 0 spiro atoms. The first-order chi connectivity index (χ1) is 17.5. The van der Waals surface area contributed by atoms with Crippen molar-refractivity contribution in [2.24, 2.45) is 17.8 Å². The smallest absolute Gasteiger partial charge is 0.323 e. The highest BCUT2D eigenvalue weighted by Crippen LogP contribution is 2.61. The summed E-state index contributed by atoms with van der Waals surface area (Å²) in [6.07, 6.45) is 7.98. The lowest BCUT2D eigenvalue weighted by molar-refractivity contribution is -0.00589.